The normalized spacial score (nSPS) is 13.1. The maximum absolute atomic E-state index is 15.6. The van der Waals surface area contributed by atoms with E-state index in [2.05, 4.69) is 0 Å². The highest BCUT2D eigenvalue weighted by molar-refractivity contribution is 7.20. The van der Waals surface area contributed by atoms with Crippen LogP contribution < -0.4 is 15.2 Å². The van der Waals surface area contributed by atoms with Crippen LogP contribution in [0.15, 0.2) is 24.3 Å². The van der Waals surface area contributed by atoms with Crippen LogP contribution in [-0.2, 0) is 36.9 Å². The highest BCUT2D eigenvalue weighted by Gasteiger charge is 2.28. The lowest BCUT2D eigenvalue weighted by molar-refractivity contribution is -0.156. The second-order valence-corrected chi connectivity index (χ2v) is 14.0. The van der Waals surface area contributed by atoms with Crippen LogP contribution in [0.4, 0.5) is 4.39 Å². The highest BCUT2D eigenvalue weighted by Crippen LogP contribution is 2.36. The van der Waals surface area contributed by atoms with Crippen molar-refractivity contribution < 1.29 is 52.1 Å². The first-order valence-corrected chi connectivity index (χ1v) is 16.9. The molecule has 4 rings (SSSR count). The van der Waals surface area contributed by atoms with Crippen molar-refractivity contribution in [2.24, 2.45) is 5.73 Å². The number of hydrogen-bond acceptors (Lipinski definition) is 12. The summed E-state index contributed by atoms with van der Waals surface area (Å²) >= 11 is 0.986. The van der Waals surface area contributed by atoms with E-state index in [1.807, 2.05) is 0 Å². The van der Waals surface area contributed by atoms with E-state index in [-0.39, 0.29) is 96.4 Å². The molecule has 0 unspecified atom stereocenters. The number of amides is 1. The average molecular weight is 713 g/mol. The van der Waals surface area contributed by atoms with E-state index in [1.165, 1.54) is 19.2 Å². The molecular weight excluding hydrogens is 671 g/mol. The number of nitrogens with zero attached hydrogens (tertiary/aromatic N) is 1. The summed E-state index contributed by atoms with van der Waals surface area (Å²) in [5.41, 5.74) is 6.53. The van der Waals surface area contributed by atoms with E-state index in [0.29, 0.717) is 23.3 Å². The zero-order valence-corrected chi connectivity index (χ0v) is 29.5. The quantitative estimate of drug-likeness (QED) is 0.116. The number of carbonyl (C=O) groups is 6. The highest BCUT2D eigenvalue weighted by atomic mass is 32.1. The molecule has 2 aromatic carbocycles. The molecule has 1 atom stereocenters. The summed E-state index contributed by atoms with van der Waals surface area (Å²) in [4.78, 5) is 76.5. The van der Waals surface area contributed by atoms with Gasteiger partial charge in [-0.2, -0.15) is 0 Å². The third-order valence-corrected chi connectivity index (χ3v) is 8.93. The van der Waals surface area contributed by atoms with Gasteiger partial charge in [-0.1, -0.05) is 0 Å². The zero-order valence-electron chi connectivity index (χ0n) is 28.7. The lowest BCUT2D eigenvalue weighted by Gasteiger charge is -2.20. The Morgan fingerprint density at radius 1 is 0.960 bits per heavy atom. The maximum Gasteiger partial charge on any atom is 0.306 e. The van der Waals surface area contributed by atoms with Gasteiger partial charge in [0.15, 0.2) is 29.4 Å². The monoisotopic (exact) mass is 712 g/mol. The van der Waals surface area contributed by atoms with Gasteiger partial charge in [0.05, 0.1) is 42.6 Å². The number of methoxy groups -OCH3 is 1. The molecule has 0 fully saturated rings. The van der Waals surface area contributed by atoms with Gasteiger partial charge in [-0.15, -0.1) is 11.3 Å². The van der Waals surface area contributed by atoms with Crippen LogP contribution in [0.5, 0.6) is 11.5 Å². The Morgan fingerprint density at radius 2 is 1.64 bits per heavy atom. The number of halogens is 1. The molecule has 1 amide bonds. The van der Waals surface area contributed by atoms with Crippen molar-refractivity contribution in [3.05, 3.63) is 57.2 Å². The number of aldehydes is 1. The van der Waals surface area contributed by atoms with Crippen molar-refractivity contribution in [1.29, 1.82) is 0 Å². The molecular formula is C36H41FN2O10S. The molecule has 50 heavy (non-hydrogen) atoms. The Bertz CT molecular complexity index is 1810. The molecule has 12 nitrogen and oxygen atoms in total. The molecule has 0 saturated carbocycles. The van der Waals surface area contributed by atoms with Crippen molar-refractivity contribution in [2.75, 3.05) is 20.3 Å². The number of carbonyl (C=O) groups excluding carboxylic acids is 6. The van der Waals surface area contributed by atoms with Crippen molar-refractivity contribution in [3.63, 3.8) is 0 Å². The number of thiophene rings is 1. The van der Waals surface area contributed by atoms with Crippen LogP contribution in [0.2, 0.25) is 0 Å². The van der Waals surface area contributed by atoms with Crippen molar-refractivity contribution in [3.8, 4) is 11.5 Å². The van der Waals surface area contributed by atoms with Crippen molar-refractivity contribution >= 4 is 57.1 Å². The Hall–Kier alpha value is -4.69. The number of rotatable bonds is 16. The Balaban J connectivity index is 1.39. The molecule has 3 aromatic rings. The number of benzene rings is 2. The van der Waals surface area contributed by atoms with Crippen LogP contribution in [0.3, 0.4) is 0 Å². The van der Waals surface area contributed by atoms with Gasteiger partial charge in [-0.3, -0.25) is 28.8 Å². The summed E-state index contributed by atoms with van der Waals surface area (Å²) < 4.78 is 37.4. The van der Waals surface area contributed by atoms with Gasteiger partial charge in [0.2, 0.25) is 5.91 Å². The van der Waals surface area contributed by atoms with Crippen LogP contribution in [-0.4, -0.2) is 72.6 Å². The fourth-order valence-electron chi connectivity index (χ4n) is 5.31. The Kier molecular flexibility index (Phi) is 12.5. The summed E-state index contributed by atoms with van der Waals surface area (Å²) in [7, 11) is 1.42. The minimum Gasteiger partial charge on any atom is -0.496 e. The average Bonchev–Trinajstić information content (AvgIpc) is 3.70. The number of ether oxygens (including phenoxy) is 4. The number of Topliss-reactive ketones (excluding diaryl/α,β-unsaturated/α-hetero) is 2. The largest absolute Gasteiger partial charge is 0.496 e. The molecule has 2 heterocycles. The molecule has 0 saturated heterocycles. The van der Waals surface area contributed by atoms with Crippen LogP contribution in [0.1, 0.15) is 101 Å². The van der Waals surface area contributed by atoms with E-state index < -0.39 is 29.5 Å². The van der Waals surface area contributed by atoms with E-state index in [0.717, 1.165) is 22.5 Å². The molecule has 1 aromatic heterocycles. The van der Waals surface area contributed by atoms with Crippen molar-refractivity contribution in [1.82, 2.24) is 4.90 Å². The van der Waals surface area contributed by atoms with E-state index >= 15 is 4.39 Å². The number of hydrogen-bond donors (Lipinski definition) is 1. The lowest BCUT2D eigenvalue weighted by atomic mass is 10.0. The van der Waals surface area contributed by atoms with E-state index in [9.17, 15) is 28.8 Å². The van der Waals surface area contributed by atoms with E-state index in [1.54, 1.807) is 44.7 Å². The first-order valence-electron chi connectivity index (χ1n) is 16.1. The predicted octanol–water partition coefficient (Wildman–Crippen LogP) is 5.33. The molecule has 0 bridgehead atoms. The number of ketones is 2. The molecule has 0 spiro atoms. The van der Waals surface area contributed by atoms with Gasteiger partial charge >= 0.3 is 11.9 Å². The second-order valence-electron chi connectivity index (χ2n) is 12.9. The number of esters is 2. The van der Waals surface area contributed by atoms with Crippen LogP contribution in [0, 0.1) is 5.82 Å². The Labute approximate surface area is 293 Å². The molecule has 0 aliphatic carbocycles. The third-order valence-electron chi connectivity index (χ3n) is 7.80. The molecule has 0 radical (unpaired) electrons. The van der Waals surface area contributed by atoms with Gasteiger partial charge in [-0.25, -0.2) is 4.39 Å². The SMILES string of the molecule is COc1cc2c(cc1C(=O)CCOc1c(C=O)cc3sc(C(=O)CCC(=O)O[C@@H](C)CN)cc3c1F)CN(C(=O)CCC(=O)OC(C)(C)C)C2. The summed E-state index contributed by atoms with van der Waals surface area (Å²) in [5, 5.41) is 0.0649. The number of fused-ring (bicyclic) bond motifs is 2. The van der Waals surface area contributed by atoms with Gasteiger partial charge < -0.3 is 29.6 Å². The summed E-state index contributed by atoms with van der Waals surface area (Å²) in [5.74, 6) is -2.91. The lowest BCUT2D eigenvalue weighted by Crippen LogP contribution is -2.28. The minimum absolute atomic E-state index is 0.0112. The van der Waals surface area contributed by atoms with Gasteiger partial charge in [0, 0.05) is 49.0 Å². The van der Waals surface area contributed by atoms with Crippen molar-refractivity contribution in [2.45, 2.75) is 84.6 Å². The standard InChI is InChI=1S/C36H41FN2O10S/c1-20(16-38)48-32(44)8-6-27(42)30-15-25-29(50-30)14-23(19-40)35(34(25)37)47-11-10-26(41)24-12-21-17-39(18-22(21)13-28(24)46-5)31(43)7-9-33(45)49-36(2,3)4/h12-15,19-20H,6-11,16-18,38H2,1-5H3/t20-/m0/s1. The first kappa shape index (κ1) is 38.1. The fourth-order valence-corrected chi connectivity index (χ4v) is 6.39. The third kappa shape index (κ3) is 9.51. The summed E-state index contributed by atoms with van der Waals surface area (Å²) in [6, 6.07) is 6.11. The predicted molar refractivity (Wildman–Crippen MR) is 182 cm³/mol. The zero-order chi connectivity index (χ0) is 36.7. The molecule has 268 valence electrons. The van der Waals surface area contributed by atoms with Crippen LogP contribution >= 0.6 is 11.3 Å². The summed E-state index contributed by atoms with van der Waals surface area (Å²) in [6.07, 6.45) is -0.602. The maximum atomic E-state index is 15.6. The molecule has 2 N–H and O–H groups in total. The van der Waals surface area contributed by atoms with Gasteiger partial charge in [0.25, 0.3) is 0 Å². The molecule has 14 heteroatoms. The summed E-state index contributed by atoms with van der Waals surface area (Å²) in [6.45, 7) is 7.33. The van der Waals surface area contributed by atoms with Gasteiger partial charge in [-0.05, 0) is 63.1 Å². The topological polar surface area (TPSA) is 169 Å². The number of nitrogens with two attached hydrogens (primary N) is 1. The van der Waals surface area contributed by atoms with E-state index in [4.69, 9.17) is 24.7 Å². The molecule has 1 aliphatic heterocycles. The minimum atomic E-state index is -0.852. The fraction of sp³-hybridized carbons (Fsp3) is 0.444. The first-order chi connectivity index (χ1) is 23.6. The second kappa shape index (κ2) is 16.3. The smallest absolute Gasteiger partial charge is 0.306 e. The van der Waals surface area contributed by atoms with Gasteiger partial charge in [0.1, 0.15) is 17.5 Å². The Morgan fingerprint density at radius 3 is 2.28 bits per heavy atom. The van der Waals surface area contributed by atoms with Crippen LogP contribution in [0.25, 0.3) is 10.1 Å². The molecule has 1 aliphatic rings.